The molecule has 2 heterocycles. The molecule has 1 aliphatic rings. The van der Waals surface area contributed by atoms with Crippen LogP contribution in [0.2, 0.25) is 0 Å². The van der Waals surface area contributed by atoms with E-state index in [1.807, 2.05) is 0 Å². The molecule has 1 aromatic rings. The van der Waals surface area contributed by atoms with Crippen molar-refractivity contribution in [3.63, 3.8) is 0 Å². The van der Waals surface area contributed by atoms with Crippen LogP contribution in [0.5, 0.6) is 0 Å². The Kier molecular flexibility index (Phi) is 3.63. The van der Waals surface area contributed by atoms with E-state index in [0.717, 1.165) is 37.3 Å². The molecule has 1 aliphatic heterocycles. The number of rotatable bonds is 2. The monoisotopic (exact) mass is 254 g/mol. The lowest BCUT2D eigenvalue weighted by Crippen LogP contribution is -2.38. The number of hydrogen-bond donors (Lipinski definition) is 2. The summed E-state index contributed by atoms with van der Waals surface area (Å²) >= 11 is 1.08. The van der Waals surface area contributed by atoms with Crippen LogP contribution in [0.4, 0.5) is 9.80 Å². The number of nitrogens with one attached hydrogen (secondary N) is 1. The SMILES string of the molecule is O=C(O)c1ccc(NC(=O)N2CCCCC2)s1. The molecule has 0 aromatic carbocycles. The largest absolute Gasteiger partial charge is 0.477 e. The summed E-state index contributed by atoms with van der Waals surface area (Å²) in [5.41, 5.74) is 0. The van der Waals surface area contributed by atoms with Crippen molar-refractivity contribution in [3.8, 4) is 0 Å². The first-order valence-corrected chi connectivity index (χ1v) is 6.37. The lowest BCUT2D eigenvalue weighted by Gasteiger charge is -2.26. The summed E-state index contributed by atoms with van der Waals surface area (Å²) in [4.78, 5) is 24.5. The predicted octanol–water partition coefficient (Wildman–Crippen LogP) is 2.46. The van der Waals surface area contributed by atoms with Crippen LogP contribution < -0.4 is 5.32 Å². The van der Waals surface area contributed by atoms with Gasteiger partial charge in [0.15, 0.2) is 0 Å². The summed E-state index contributed by atoms with van der Waals surface area (Å²) in [6, 6.07) is 2.98. The smallest absolute Gasteiger partial charge is 0.345 e. The summed E-state index contributed by atoms with van der Waals surface area (Å²) in [6.45, 7) is 1.56. The summed E-state index contributed by atoms with van der Waals surface area (Å²) < 4.78 is 0. The van der Waals surface area contributed by atoms with E-state index in [4.69, 9.17) is 5.11 Å². The molecule has 5 nitrogen and oxygen atoms in total. The number of anilines is 1. The maximum Gasteiger partial charge on any atom is 0.345 e. The molecule has 1 fully saturated rings. The highest BCUT2D eigenvalue weighted by Crippen LogP contribution is 2.22. The van der Waals surface area contributed by atoms with Gasteiger partial charge in [-0.1, -0.05) is 0 Å². The van der Waals surface area contributed by atoms with Gasteiger partial charge >= 0.3 is 12.0 Å². The number of aromatic carboxylic acids is 1. The highest BCUT2D eigenvalue weighted by Gasteiger charge is 2.17. The second kappa shape index (κ2) is 5.18. The Bertz CT molecular complexity index is 424. The number of carbonyl (C=O) groups excluding carboxylic acids is 1. The van der Waals surface area contributed by atoms with Gasteiger partial charge in [-0.15, -0.1) is 11.3 Å². The van der Waals surface area contributed by atoms with Crippen molar-refractivity contribution < 1.29 is 14.7 Å². The fourth-order valence-corrected chi connectivity index (χ4v) is 2.54. The molecule has 17 heavy (non-hydrogen) atoms. The molecule has 6 heteroatoms. The molecular weight excluding hydrogens is 240 g/mol. The number of hydrogen-bond acceptors (Lipinski definition) is 3. The standard InChI is InChI=1S/C11H14N2O3S/c14-10(15)8-4-5-9(17-8)12-11(16)13-6-2-1-3-7-13/h4-5H,1-3,6-7H2,(H,12,16)(H,14,15). The van der Waals surface area contributed by atoms with Crippen LogP contribution in [0.1, 0.15) is 28.9 Å². The van der Waals surface area contributed by atoms with Crippen molar-refractivity contribution in [1.29, 1.82) is 0 Å². The van der Waals surface area contributed by atoms with Crippen molar-refractivity contribution in [2.45, 2.75) is 19.3 Å². The van der Waals surface area contributed by atoms with Crippen molar-refractivity contribution in [2.24, 2.45) is 0 Å². The van der Waals surface area contributed by atoms with Gasteiger partial charge in [0.2, 0.25) is 0 Å². The average Bonchev–Trinajstić information content (AvgIpc) is 2.79. The first-order chi connectivity index (χ1) is 8.16. The second-order valence-corrected chi connectivity index (χ2v) is 5.03. The molecule has 0 spiro atoms. The van der Waals surface area contributed by atoms with E-state index in [2.05, 4.69) is 5.32 Å². The molecule has 2 amide bonds. The average molecular weight is 254 g/mol. The molecule has 0 bridgehead atoms. The lowest BCUT2D eigenvalue weighted by molar-refractivity contribution is 0.0702. The molecule has 92 valence electrons. The molecule has 1 saturated heterocycles. The van der Waals surface area contributed by atoms with Gasteiger partial charge in [0.1, 0.15) is 4.88 Å². The Morgan fingerprint density at radius 3 is 2.53 bits per heavy atom. The van der Waals surface area contributed by atoms with E-state index >= 15 is 0 Å². The van der Waals surface area contributed by atoms with Gasteiger partial charge in [-0.2, -0.15) is 0 Å². The normalized spacial score (nSPS) is 15.6. The van der Waals surface area contributed by atoms with Gasteiger partial charge in [0.25, 0.3) is 0 Å². The molecule has 0 saturated carbocycles. The molecule has 0 radical (unpaired) electrons. The summed E-state index contributed by atoms with van der Waals surface area (Å²) in [5, 5.41) is 12.1. The van der Waals surface area contributed by atoms with Gasteiger partial charge in [-0.3, -0.25) is 5.32 Å². The second-order valence-electron chi connectivity index (χ2n) is 3.95. The van der Waals surface area contributed by atoms with Gasteiger partial charge < -0.3 is 10.0 Å². The van der Waals surface area contributed by atoms with Crippen LogP contribution in [0.3, 0.4) is 0 Å². The summed E-state index contributed by atoms with van der Waals surface area (Å²) in [7, 11) is 0. The summed E-state index contributed by atoms with van der Waals surface area (Å²) in [6.07, 6.45) is 3.25. The van der Waals surface area contributed by atoms with E-state index in [-0.39, 0.29) is 10.9 Å². The third-order valence-corrected chi connectivity index (χ3v) is 3.68. The van der Waals surface area contributed by atoms with Crippen molar-refractivity contribution in [1.82, 2.24) is 4.90 Å². The number of carboxylic acids is 1. The quantitative estimate of drug-likeness (QED) is 0.851. The topological polar surface area (TPSA) is 69.6 Å². The zero-order valence-corrected chi connectivity index (χ0v) is 10.1. The van der Waals surface area contributed by atoms with Crippen LogP contribution in [0.25, 0.3) is 0 Å². The Balaban J connectivity index is 1.94. The van der Waals surface area contributed by atoms with E-state index in [1.165, 1.54) is 12.5 Å². The molecule has 0 atom stereocenters. The van der Waals surface area contributed by atoms with E-state index in [9.17, 15) is 9.59 Å². The van der Waals surface area contributed by atoms with Crippen molar-refractivity contribution >= 4 is 28.3 Å². The van der Waals surface area contributed by atoms with Gasteiger partial charge in [0, 0.05) is 13.1 Å². The first kappa shape index (κ1) is 11.9. The Labute approximate surface area is 103 Å². The van der Waals surface area contributed by atoms with E-state index < -0.39 is 5.97 Å². The highest BCUT2D eigenvalue weighted by molar-refractivity contribution is 7.18. The zero-order chi connectivity index (χ0) is 12.3. The fraction of sp³-hybridized carbons (Fsp3) is 0.455. The third kappa shape index (κ3) is 2.97. The minimum absolute atomic E-state index is 0.136. The molecule has 2 N–H and O–H groups in total. The lowest BCUT2D eigenvalue weighted by atomic mass is 10.1. The Hall–Kier alpha value is -1.56. The Morgan fingerprint density at radius 1 is 1.24 bits per heavy atom. The zero-order valence-electron chi connectivity index (χ0n) is 9.31. The number of carbonyl (C=O) groups is 2. The van der Waals surface area contributed by atoms with E-state index in [1.54, 1.807) is 11.0 Å². The molecule has 1 aromatic heterocycles. The summed E-state index contributed by atoms with van der Waals surface area (Å²) in [5.74, 6) is -0.964. The first-order valence-electron chi connectivity index (χ1n) is 5.56. The number of piperidine rings is 1. The van der Waals surface area contributed by atoms with Crippen LogP contribution in [0, 0.1) is 0 Å². The van der Waals surface area contributed by atoms with Crippen LogP contribution in [0.15, 0.2) is 12.1 Å². The predicted molar refractivity (Wildman–Crippen MR) is 65.7 cm³/mol. The van der Waals surface area contributed by atoms with Crippen LogP contribution >= 0.6 is 11.3 Å². The number of likely N-dealkylation sites (tertiary alicyclic amines) is 1. The number of amides is 2. The number of carboxylic acid groups (broad SMARTS) is 1. The van der Waals surface area contributed by atoms with Gasteiger partial charge in [0.05, 0.1) is 5.00 Å². The van der Waals surface area contributed by atoms with Crippen molar-refractivity contribution in [2.75, 3.05) is 18.4 Å². The number of urea groups is 1. The minimum Gasteiger partial charge on any atom is -0.477 e. The van der Waals surface area contributed by atoms with Crippen LogP contribution in [-0.2, 0) is 0 Å². The number of nitrogens with zero attached hydrogens (tertiary/aromatic N) is 1. The molecule has 2 rings (SSSR count). The number of thiophene rings is 1. The van der Waals surface area contributed by atoms with E-state index in [0.29, 0.717) is 5.00 Å². The third-order valence-electron chi connectivity index (χ3n) is 2.69. The van der Waals surface area contributed by atoms with Crippen molar-refractivity contribution in [3.05, 3.63) is 17.0 Å². The van der Waals surface area contributed by atoms with Gasteiger partial charge in [-0.05, 0) is 31.4 Å². The van der Waals surface area contributed by atoms with Gasteiger partial charge in [-0.25, -0.2) is 9.59 Å². The Morgan fingerprint density at radius 2 is 1.94 bits per heavy atom. The molecule has 0 aliphatic carbocycles. The maximum atomic E-state index is 11.8. The minimum atomic E-state index is -0.964. The maximum absolute atomic E-state index is 11.8. The highest BCUT2D eigenvalue weighted by atomic mass is 32.1. The fourth-order valence-electron chi connectivity index (χ4n) is 1.80. The molecular formula is C11H14N2O3S. The molecule has 0 unspecified atom stereocenters. The van der Waals surface area contributed by atoms with Crippen LogP contribution in [-0.4, -0.2) is 35.1 Å².